The predicted octanol–water partition coefficient (Wildman–Crippen LogP) is 2.68. The first-order valence-corrected chi connectivity index (χ1v) is 9.04. The Labute approximate surface area is 141 Å². The van der Waals surface area contributed by atoms with Crippen molar-refractivity contribution in [2.45, 2.75) is 38.0 Å². The maximum atomic E-state index is 10.8. The SMILES string of the molecule is O[C@H](c1ccccc1)c1ccc2c(c1)c1c3n2CC[NH2+][C@@H]3CCC1. The molecule has 0 fully saturated rings. The Hall–Kier alpha value is -2.10. The van der Waals surface area contributed by atoms with Crippen molar-refractivity contribution < 1.29 is 10.4 Å². The molecular formula is C21H23N2O+. The van der Waals surface area contributed by atoms with Crippen LogP contribution in [0.2, 0.25) is 0 Å². The number of rotatable bonds is 2. The molecule has 0 spiro atoms. The van der Waals surface area contributed by atoms with Crippen LogP contribution in [-0.2, 0) is 13.0 Å². The summed E-state index contributed by atoms with van der Waals surface area (Å²) in [5, 5.41) is 14.6. The maximum absolute atomic E-state index is 10.8. The van der Waals surface area contributed by atoms with Crippen molar-refractivity contribution in [1.29, 1.82) is 0 Å². The van der Waals surface area contributed by atoms with E-state index in [0.717, 1.165) is 17.7 Å². The van der Waals surface area contributed by atoms with Crippen LogP contribution < -0.4 is 5.32 Å². The van der Waals surface area contributed by atoms with E-state index in [-0.39, 0.29) is 0 Å². The van der Waals surface area contributed by atoms with Gasteiger partial charge in [-0.2, -0.15) is 0 Å². The van der Waals surface area contributed by atoms with Gasteiger partial charge < -0.3 is 15.0 Å². The highest BCUT2D eigenvalue weighted by molar-refractivity contribution is 5.87. The molecule has 3 N–H and O–H groups in total. The lowest BCUT2D eigenvalue weighted by atomic mass is 9.90. The molecule has 24 heavy (non-hydrogen) atoms. The van der Waals surface area contributed by atoms with E-state index in [1.54, 1.807) is 5.69 Å². The van der Waals surface area contributed by atoms with Crippen LogP contribution in [0, 0.1) is 0 Å². The summed E-state index contributed by atoms with van der Waals surface area (Å²) in [4.78, 5) is 0. The van der Waals surface area contributed by atoms with Gasteiger partial charge in [-0.25, -0.2) is 0 Å². The number of hydrogen-bond acceptors (Lipinski definition) is 1. The van der Waals surface area contributed by atoms with Gasteiger partial charge in [0.05, 0.1) is 18.8 Å². The summed E-state index contributed by atoms with van der Waals surface area (Å²) in [5.74, 6) is 0. The summed E-state index contributed by atoms with van der Waals surface area (Å²) in [5.41, 5.74) is 6.39. The Morgan fingerprint density at radius 3 is 2.83 bits per heavy atom. The van der Waals surface area contributed by atoms with Crippen LogP contribution in [0.1, 0.15) is 47.4 Å². The standard InChI is InChI=1S/C21H22N2O/c24-21(14-5-2-1-3-6-14)15-9-10-19-17(13-15)16-7-4-8-18-20(16)23(19)12-11-22-18/h1-3,5-6,9-10,13,18,21-22,24H,4,7-8,11-12H2/p+1/t18-,21-/m1/s1. The Kier molecular flexibility index (Phi) is 3.25. The summed E-state index contributed by atoms with van der Waals surface area (Å²) < 4.78 is 2.53. The van der Waals surface area contributed by atoms with Crippen LogP contribution >= 0.6 is 0 Å². The van der Waals surface area contributed by atoms with Gasteiger partial charge in [0, 0.05) is 17.3 Å². The van der Waals surface area contributed by atoms with Gasteiger partial charge in [-0.3, -0.25) is 0 Å². The Morgan fingerprint density at radius 1 is 1.08 bits per heavy atom. The van der Waals surface area contributed by atoms with Gasteiger partial charge in [0.25, 0.3) is 0 Å². The van der Waals surface area contributed by atoms with Crippen LogP contribution in [0.5, 0.6) is 0 Å². The Morgan fingerprint density at radius 2 is 1.96 bits per heavy atom. The van der Waals surface area contributed by atoms with Crippen LogP contribution in [0.25, 0.3) is 10.9 Å². The van der Waals surface area contributed by atoms with E-state index in [1.165, 1.54) is 42.3 Å². The molecule has 0 saturated heterocycles. The van der Waals surface area contributed by atoms with Crippen LogP contribution in [0.3, 0.4) is 0 Å². The molecule has 1 aliphatic heterocycles. The molecule has 3 nitrogen and oxygen atoms in total. The van der Waals surface area contributed by atoms with Crippen LogP contribution in [-0.4, -0.2) is 16.2 Å². The van der Waals surface area contributed by atoms with Crippen molar-refractivity contribution in [3.05, 3.63) is 70.9 Å². The molecule has 2 atom stereocenters. The quantitative estimate of drug-likeness (QED) is 0.749. The minimum Gasteiger partial charge on any atom is -0.384 e. The number of aryl methyl sites for hydroxylation is 1. The molecule has 0 amide bonds. The average Bonchev–Trinajstić information content (AvgIpc) is 2.98. The molecular weight excluding hydrogens is 296 g/mol. The molecule has 0 unspecified atom stereocenters. The van der Waals surface area contributed by atoms with E-state index in [1.807, 2.05) is 30.3 Å². The minimum absolute atomic E-state index is 0.550. The van der Waals surface area contributed by atoms with E-state index < -0.39 is 6.10 Å². The number of aliphatic hydroxyl groups excluding tert-OH is 1. The molecule has 0 radical (unpaired) electrons. The molecule has 0 saturated carbocycles. The van der Waals surface area contributed by atoms with Gasteiger partial charge in [-0.15, -0.1) is 0 Å². The second-order valence-corrected chi connectivity index (χ2v) is 7.13. The first-order chi connectivity index (χ1) is 11.8. The van der Waals surface area contributed by atoms with Gasteiger partial charge in [0.15, 0.2) is 0 Å². The highest BCUT2D eigenvalue weighted by Crippen LogP contribution is 2.38. The first-order valence-electron chi connectivity index (χ1n) is 9.04. The molecule has 122 valence electrons. The third kappa shape index (κ3) is 2.05. The van der Waals surface area contributed by atoms with Crippen LogP contribution in [0.15, 0.2) is 48.5 Å². The van der Waals surface area contributed by atoms with Gasteiger partial charge >= 0.3 is 0 Å². The van der Waals surface area contributed by atoms with Gasteiger partial charge in [0.2, 0.25) is 0 Å². The Balaban J connectivity index is 1.67. The largest absolute Gasteiger partial charge is 0.384 e. The fourth-order valence-electron chi connectivity index (χ4n) is 4.66. The second-order valence-electron chi connectivity index (χ2n) is 7.13. The smallest absolute Gasteiger partial charge is 0.127 e. The summed E-state index contributed by atoms with van der Waals surface area (Å²) in [6.07, 6.45) is 3.20. The first kappa shape index (κ1) is 14.3. The summed E-state index contributed by atoms with van der Waals surface area (Å²) in [6.45, 7) is 2.28. The van der Waals surface area contributed by atoms with Gasteiger partial charge in [-0.05, 0) is 41.7 Å². The summed E-state index contributed by atoms with van der Waals surface area (Å²) in [7, 11) is 0. The number of nitrogens with zero attached hydrogens (tertiary/aromatic N) is 1. The maximum Gasteiger partial charge on any atom is 0.127 e. The zero-order valence-electron chi connectivity index (χ0n) is 13.8. The van der Waals surface area contributed by atoms with Crippen LogP contribution in [0.4, 0.5) is 0 Å². The molecule has 2 aliphatic rings. The number of aliphatic hydroxyl groups is 1. The number of benzene rings is 2. The molecule has 2 heterocycles. The number of nitrogens with two attached hydrogens (primary N) is 1. The number of hydrogen-bond donors (Lipinski definition) is 2. The zero-order valence-corrected chi connectivity index (χ0v) is 13.8. The molecule has 2 aromatic carbocycles. The molecule has 1 aliphatic carbocycles. The monoisotopic (exact) mass is 319 g/mol. The lowest BCUT2D eigenvalue weighted by Crippen LogP contribution is -2.88. The second kappa shape index (κ2) is 5.47. The topological polar surface area (TPSA) is 41.8 Å². The van der Waals surface area contributed by atoms with Crippen molar-refractivity contribution in [3.8, 4) is 0 Å². The fourth-order valence-corrected chi connectivity index (χ4v) is 4.66. The molecule has 1 aromatic heterocycles. The van der Waals surface area contributed by atoms with Crippen molar-refractivity contribution in [3.63, 3.8) is 0 Å². The fraction of sp³-hybridized carbons (Fsp3) is 0.333. The van der Waals surface area contributed by atoms with Gasteiger partial charge in [-0.1, -0.05) is 36.4 Å². The number of fused-ring (bicyclic) bond motifs is 3. The normalized spacial score (nSPS) is 20.8. The minimum atomic E-state index is -0.550. The van der Waals surface area contributed by atoms with E-state index >= 15 is 0 Å². The van der Waals surface area contributed by atoms with E-state index in [0.29, 0.717) is 6.04 Å². The Bertz CT molecular complexity index is 895. The van der Waals surface area contributed by atoms with Crippen molar-refractivity contribution in [1.82, 2.24) is 4.57 Å². The molecule has 3 aromatic rings. The lowest BCUT2D eigenvalue weighted by molar-refractivity contribution is -0.704. The van der Waals surface area contributed by atoms with E-state index in [4.69, 9.17) is 0 Å². The molecule has 0 bridgehead atoms. The van der Waals surface area contributed by atoms with E-state index in [2.05, 4.69) is 28.1 Å². The third-order valence-corrected chi connectivity index (χ3v) is 5.76. The molecule has 3 heteroatoms. The zero-order chi connectivity index (χ0) is 16.1. The number of aromatic nitrogens is 1. The predicted molar refractivity (Wildman–Crippen MR) is 94.9 cm³/mol. The summed E-state index contributed by atoms with van der Waals surface area (Å²) >= 11 is 0. The third-order valence-electron chi connectivity index (χ3n) is 5.76. The summed E-state index contributed by atoms with van der Waals surface area (Å²) in [6, 6.07) is 17.1. The van der Waals surface area contributed by atoms with E-state index in [9.17, 15) is 5.11 Å². The lowest BCUT2D eigenvalue weighted by Gasteiger charge is -2.27. The highest BCUT2D eigenvalue weighted by atomic mass is 16.3. The van der Waals surface area contributed by atoms with Crippen molar-refractivity contribution in [2.75, 3.05) is 6.54 Å². The van der Waals surface area contributed by atoms with Crippen molar-refractivity contribution in [2.24, 2.45) is 0 Å². The number of quaternary nitrogens is 1. The highest BCUT2D eigenvalue weighted by Gasteiger charge is 2.32. The average molecular weight is 319 g/mol. The van der Waals surface area contributed by atoms with Crippen molar-refractivity contribution >= 4 is 10.9 Å². The van der Waals surface area contributed by atoms with Gasteiger partial charge in [0.1, 0.15) is 12.1 Å². The molecule has 5 rings (SSSR count).